The van der Waals surface area contributed by atoms with Gasteiger partial charge >= 0.3 is 12.1 Å². The summed E-state index contributed by atoms with van der Waals surface area (Å²) in [5.41, 5.74) is -0.687. The van der Waals surface area contributed by atoms with Crippen LogP contribution >= 0.6 is 0 Å². The summed E-state index contributed by atoms with van der Waals surface area (Å²) in [4.78, 5) is 32.3. The van der Waals surface area contributed by atoms with Gasteiger partial charge in [-0.15, -0.1) is 6.42 Å². The third-order valence-corrected chi connectivity index (χ3v) is 10.1. The number of ether oxygens (including phenoxy) is 3. The normalized spacial score (nSPS) is 20.7. The summed E-state index contributed by atoms with van der Waals surface area (Å²) in [5.74, 6) is 1.43. The molecule has 0 spiro atoms. The Morgan fingerprint density at radius 2 is 2.06 bits per heavy atom. The molecule has 7 rings (SSSR count). The van der Waals surface area contributed by atoms with E-state index in [0.717, 1.165) is 25.8 Å². The van der Waals surface area contributed by atoms with Crippen molar-refractivity contribution in [2.75, 3.05) is 78.1 Å². The van der Waals surface area contributed by atoms with Gasteiger partial charge in [-0.3, -0.25) is 9.88 Å². The van der Waals surface area contributed by atoms with Crippen LogP contribution in [0, 0.1) is 24.0 Å². The molecule has 11 nitrogen and oxygen atoms in total. The SMILES string of the molecule is C#Cc1c(F)ccc2cc(OC(=O)N(C)CCNC)cc(-c3ncc4c(N5CCCOCC5)nc(OC[C@@]56CCCN5C[C@H](F)C6)nc4c3F)c12. The van der Waals surface area contributed by atoms with Crippen molar-refractivity contribution in [1.29, 1.82) is 0 Å². The topological polar surface area (TPSA) is 105 Å². The summed E-state index contributed by atoms with van der Waals surface area (Å²) < 4.78 is 64.4. The van der Waals surface area contributed by atoms with E-state index in [4.69, 9.17) is 25.6 Å². The first-order valence-electron chi connectivity index (χ1n) is 17.2. The van der Waals surface area contributed by atoms with Gasteiger partial charge in [-0.05, 0) is 56.4 Å². The number of nitrogens with one attached hydrogen (secondary N) is 1. The van der Waals surface area contributed by atoms with Crippen molar-refractivity contribution < 1.29 is 32.2 Å². The molecule has 51 heavy (non-hydrogen) atoms. The molecule has 0 unspecified atom stereocenters. The molecule has 2 aromatic heterocycles. The fraction of sp³-hybridized carbons (Fsp3) is 0.459. The van der Waals surface area contributed by atoms with E-state index in [2.05, 4.69) is 26.1 Å². The van der Waals surface area contributed by atoms with Crippen molar-refractivity contribution in [3.05, 3.63) is 47.7 Å². The molecule has 3 aliphatic heterocycles. The van der Waals surface area contributed by atoms with E-state index in [0.29, 0.717) is 68.9 Å². The minimum Gasteiger partial charge on any atom is -0.461 e. The second-order valence-corrected chi connectivity index (χ2v) is 13.4. The number of fused-ring (bicyclic) bond motifs is 3. The van der Waals surface area contributed by atoms with Crippen molar-refractivity contribution in [1.82, 2.24) is 30.1 Å². The lowest BCUT2D eigenvalue weighted by molar-refractivity contribution is 0.107. The van der Waals surface area contributed by atoms with Gasteiger partial charge < -0.3 is 29.3 Å². The Bertz CT molecular complexity index is 2000. The van der Waals surface area contributed by atoms with Crippen molar-refractivity contribution in [3.63, 3.8) is 0 Å². The van der Waals surface area contributed by atoms with Crippen LogP contribution in [0.3, 0.4) is 0 Å². The zero-order valence-corrected chi connectivity index (χ0v) is 28.7. The van der Waals surface area contributed by atoms with Gasteiger partial charge in [0.25, 0.3) is 0 Å². The van der Waals surface area contributed by atoms with Gasteiger partial charge in [0.1, 0.15) is 41.4 Å². The number of benzene rings is 2. The summed E-state index contributed by atoms with van der Waals surface area (Å²) in [6.45, 7) is 4.37. The van der Waals surface area contributed by atoms with Crippen molar-refractivity contribution in [2.45, 2.75) is 37.4 Å². The number of hydrogen-bond donors (Lipinski definition) is 1. The number of halogens is 3. The number of pyridine rings is 1. The fourth-order valence-electron chi connectivity index (χ4n) is 7.47. The zero-order chi connectivity index (χ0) is 35.7. The highest BCUT2D eigenvalue weighted by Gasteiger charge is 2.49. The number of amides is 1. The van der Waals surface area contributed by atoms with Crippen LogP contribution in [0.4, 0.5) is 23.8 Å². The highest BCUT2D eigenvalue weighted by atomic mass is 19.1. The number of terminal acetylenes is 1. The van der Waals surface area contributed by atoms with E-state index in [1.54, 1.807) is 20.2 Å². The summed E-state index contributed by atoms with van der Waals surface area (Å²) in [6.07, 6.45) is 8.49. The van der Waals surface area contributed by atoms with Crippen LogP contribution in [-0.4, -0.2) is 116 Å². The Balaban J connectivity index is 1.35. The monoisotopic (exact) mass is 703 g/mol. The number of carbonyl (C=O) groups excluding carboxylic acids is 1. The van der Waals surface area contributed by atoms with Crippen molar-refractivity contribution in [2.24, 2.45) is 0 Å². The average Bonchev–Trinajstić information content (AvgIpc) is 3.51. The molecule has 268 valence electrons. The summed E-state index contributed by atoms with van der Waals surface area (Å²) >= 11 is 0. The maximum atomic E-state index is 17.1. The molecule has 5 heterocycles. The smallest absolute Gasteiger partial charge is 0.415 e. The largest absolute Gasteiger partial charge is 0.461 e. The fourth-order valence-corrected chi connectivity index (χ4v) is 7.47. The Kier molecular flexibility index (Phi) is 9.87. The average molecular weight is 704 g/mol. The first-order chi connectivity index (χ1) is 24.7. The molecule has 0 bridgehead atoms. The van der Waals surface area contributed by atoms with E-state index in [1.165, 1.54) is 29.3 Å². The molecule has 0 radical (unpaired) electrons. The number of rotatable bonds is 9. The third kappa shape index (κ3) is 6.73. The molecule has 0 aliphatic carbocycles. The Labute approximate surface area is 294 Å². The van der Waals surface area contributed by atoms with Crippen LogP contribution < -0.4 is 19.7 Å². The number of aromatic nitrogens is 3. The molecular weight excluding hydrogens is 663 g/mol. The molecule has 3 aliphatic rings. The molecule has 2 atom stereocenters. The molecule has 1 N–H and O–H groups in total. The predicted molar refractivity (Wildman–Crippen MR) is 187 cm³/mol. The molecule has 3 saturated heterocycles. The van der Waals surface area contributed by atoms with Gasteiger partial charge in [0.2, 0.25) is 0 Å². The lowest BCUT2D eigenvalue weighted by Gasteiger charge is -2.31. The maximum Gasteiger partial charge on any atom is 0.415 e. The minimum atomic E-state index is -0.943. The number of hydrogen-bond acceptors (Lipinski definition) is 10. The van der Waals surface area contributed by atoms with Crippen molar-refractivity contribution >= 4 is 33.6 Å². The second kappa shape index (κ2) is 14.5. The first kappa shape index (κ1) is 34.7. The van der Waals surface area contributed by atoms with Gasteiger partial charge in [-0.2, -0.15) is 9.97 Å². The molecule has 2 aromatic carbocycles. The highest BCUT2D eigenvalue weighted by molar-refractivity contribution is 6.03. The third-order valence-electron chi connectivity index (χ3n) is 10.1. The van der Waals surface area contributed by atoms with E-state index in [9.17, 15) is 9.18 Å². The van der Waals surface area contributed by atoms with Crippen LogP contribution in [-0.2, 0) is 4.74 Å². The molecule has 0 saturated carbocycles. The van der Waals surface area contributed by atoms with Crippen molar-refractivity contribution in [3.8, 4) is 35.4 Å². The Morgan fingerprint density at radius 1 is 1.20 bits per heavy atom. The van der Waals surface area contributed by atoms with Gasteiger partial charge in [-0.25, -0.2) is 18.0 Å². The van der Waals surface area contributed by atoms with Crippen LogP contribution in [0.2, 0.25) is 0 Å². The maximum absolute atomic E-state index is 17.1. The van der Waals surface area contributed by atoms with Gasteiger partial charge in [-0.1, -0.05) is 12.0 Å². The summed E-state index contributed by atoms with van der Waals surface area (Å²) in [6, 6.07) is 5.63. The molecule has 14 heteroatoms. The predicted octanol–water partition coefficient (Wildman–Crippen LogP) is 4.94. The lowest BCUT2D eigenvalue weighted by Crippen LogP contribution is -2.43. The number of carbonyl (C=O) groups is 1. The standard InChI is InChI=1S/C37H40F3N7O4/c1-4-26-29(39)8-7-23-17-25(51-36(48)45(3)13-10-41-2)18-27(30(23)26)32-31(40)33-28(20-42-32)34(46-11-6-15-49-16-14-46)44-35(43-33)50-22-37-9-5-12-47(37)21-24(38)19-37/h1,7-8,17-18,20,24,41H,5-6,9-16,19,21-22H2,2-3H3/t24-,37+/m1/s1. The molecule has 1 amide bonds. The Hall–Kier alpha value is -4.71. The molecular formula is C37H40F3N7O4. The number of alkyl halides is 1. The quantitative estimate of drug-likeness (QED) is 0.241. The lowest BCUT2D eigenvalue weighted by atomic mass is 9.95. The van der Waals surface area contributed by atoms with Gasteiger partial charge in [0.15, 0.2) is 5.82 Å². The van der Waals surface area contributed by atoms with Crippen LogP contribution in [0.5, 0.6) is 11.8 Å². The number of likely N-dealkylation sites (N-methyl/N-ethyl adjacent to an activating group) is 2. The minimum absolute atomic E-state index is 0.0465. The van der Waals surface area contributed by atoms with Crippen LogP contribution in [0.15, 0.2) is 30.5 Å². The first-order valence-corrected chi connectivity index (χ1v) is 17.2. The van der Waals surface area contributed by atoms with E-state index in [-0.39, 0.29) is 46.1 Å². The molecule has 4 aromatic rings. The summed E-state index contributed by atoms with van der Waals surface area (Å²) in [5, 5.41) is 3.97. The van der Waals surface area contributed by atoms with Gasteiger partial charge in [0, 0.05) is 69.9 Å². The van der Waals surface area contributed by atoms with Crippen LogP contribution in [0.1, 0.15) is 31.2 Å². The highest BCUT2D eigenvalue weighted by Crippen LogP contribution is 2.42. The number of anilines is 1. The van der Waals surface area contributed by atoms with Gasteiger partial charge in [0.05, 0.1) is 23.1 Å². The van der Waals surface area contributed by atoms with E-state index >= 15 is 8.78 Å². The van der Waals surface area contributed by atoms with E-state index in [1.807, 2.05) is 4.90 Å². The summed E-state index contributed by atoms with van der Waals surface area (Å²) in [7, 11) is 3.37. The van der Waals surface area contributed by atoms with Crippen LogP contribution in [0.25, 0.3) is 32.9 Å². The number of nitrogens with zero attached hydrogens (tertiary/aromatic N) is 6. The zero-order valence-electron chi connectivity index (χ0n) is 28.7. The van der Waals surface area contributed by atoms with E-state index < -0.39 is 29.4 Å². The Morgan fingerprint density at radius 3 is 2.88 bits per heavy atom. The molecule has 3 fully saturated rings. The second-order valence-electron chi connectivity index (χ2n) is 13.4.